The van der Waals surface area contributed by atoms with Gasteiger partial charge in [0.25, 0.3) is 5.56 Å². The van der Waals surface area contributed by atoms with Crippen molar-refractivity contribution in [2.75, 3.05) is 0 Å². The number of H-pyrrole nitrogens is 2. The highest BCUT2D eigenvalue weighted by Crippen LogP contribution is 1.87. The lowest BCUT2D eigenvalue weighted by Gasteiger charge is -1.91. The summed E-state index contributed by atoms with van der Waals surface area (Å²) in [4.78, 5) is 26.1. The fraction of sp³-hybridized carbons (Fsp3) is 0.125. The summed E-state index contributed by atoms with van der Waals surface area (Å²) in [6.07, 6.45) is 4.50. The summed E-state index contributed by atoms with van der Waals surface area (Å²) in [5, 5.41) is 8.18. The maximum absolute atomic E-state index is 11.0. The molecule has 0 radical (unpaired) electrons. The molecule has 2 N–H and O–H groups in total. The minimum absolute atomic E-state index is 0.333. The third kappa shape index (κ3) is 2.45. The third-order valence-corrected chi connectivity index (χ3v) is 1.43. The largest absolute Gasteiger partial charge is 0.325 e. The van der Waals surface area contributed by atoms with E-state index in [1.165, 1.54) is 12.3 Å². The first-order valence-electron chi connectivity index (χ1n) is 3.59. The van der Waals surface area contributed by atoms with Crippen LogP contribution in [-0.2, 0) is 6.42 Å². The molecule has 0 fully saturated rings. The van der Waals surface area contributed by atoms with E-state index in [4.69, 9.17) is 5.26 Å². The second-order valence-electron chi connectivity index (χ2n) is 2.33. The molecule has 1 aromatic rings. The van der Waals surface area contributed by atoms with E-state index < -0.39 is 11.2 Å². The molecule has 5 nitrogen and oxygen atoms in total. The minimum atomic E-state index is -0.530. The van der Waals surface area contributed by atoms with Gasteiger partial charge < -0.3 is 4.98 Å². The van der Waals surface area contributed by atoms with Crippen LogP contribution in [-0.4, -0.2) is 9.97 Å². The maximum atomic E-state index is 11.0. The van der Waals surface area contributed by atoms with Crippen LogP contribution in [0.25, 0.3) is 0 Å². The molecule has 0 amide bonds. The van der Waals surface area contributed by atoms with Crippen LogP contribution in [0.1, 0.15) is 5.56 Å². The Morgan fingerprint density at radius 3 is 2.92 bits per heavy atom. The second-order valence-corrected chi connectivity index (χ2v) is 2.33. The van der Waals surface area contributed by atoms with Gasteiger partial charge in [0.1, 0.15) is 0 Å². The van der Waals surface area contributed by atoms with Crippen LogP contribution in [0, 0.1) is 11.3 Å². The predicted octanol–water partition coefficient (Wildman–Crippen LogP) is -0.315. The van der Waals surface area contributed by atoms with E-state index in [1.807, 2.05) is 0 Å². The van der Waals surface area contributed by atoms with Crippen molar-refractivity contribution >= 4 is 0 Å². The van der Waals surface area contributed by atoms with E-state index in [2.05, 4.69) is 9.97 Å². The fourth-order valence-corrected chi connectivity index (χ4v) is 0.828. The van der Waals surface area contributed by atoms with Crippen LogP contribution < -0.4 is 11.2 Å². The summed E-state index contributed by atoms with van der Waals surface area (Å²) in [6, 6.07) is 1.80. The van der Waals surface area contributed by atoms with Gasteiger partial charge >= 0.3 is 5.69 Å². The van der Waals surface area contributed by atoms with Crippen molar-refractivity contribution in [3.8, 4) is 6.07 Å². The Morgan fingerprint density at radius 1 is 1.54 bits per heavy atom. The molecule has 0 unspecified atom stereocenters. The first kappa shape index (κ1) is 9.00. The number of allylic oxidation sites excluding steroid dienone is 2. The summed E-state index contributed by atoms with van der Waals surface area (Å²) < 4.78 is 0. The number of hydrogen-bond donors (Lipinski definition) is 2. The van der Waals surface area contributed by atoms with E-state index >= 15 is 0 Å². The lowest BCUT2D eigenvalue weighted by molar-refractivity contribution is 0.985. The molecule has 0 aromatic carbocycles. The van der Waals surface area contributed by atoms with Gasteiger partial charge in [-0.05, 0) is 6.42 Å². The Labute approximate surface area is 73.4 Å². The zero-order valence-corrected chi connectivity index (χ0v) is 6.70. The summed E-state index contributed by atoms with van der Waals surface area (Å²) in [6.45, 7) is 0. The minimum Gasteiger partial charge on any atom is -0.314 e. The number of nitriles is 1. The summed E-state index contributed by atoms with van der Waals surface area (Å²) >= 11 is 0. The van der Waals surface area contributed by atoms with Crippen molar-refractivity contribution in [1.29, 1.82) is 5.26 Å². The molecule has 0 bridgehead atoms. The number of nitrogens with zero attached hydrogens (tertiary/aromatic N) is 1. The summed E-state index contributed by atoms with van der Waals surface area (Å²) in [7, 11) is 0. The van der Waals surface area contributed by atoms with Crippen LogP contribution in [0.3, 0.4) is 0 Å². The molecule has 0 spiro atoms. The van der Waals surface area contributed by atoms with Gasteiger partial charge in [-0.1, -0.05) is 6.08 Å². The molecule has 1 aromatic heterocycles. The van der Waals surface area contributed by atoms with Gasteiger partial charge in [-0.3, -0.25) is 9.78 Å². The number of rotatable bonds is 2. The predicted molar refractivity (Wildman–Crippen MR) is 46.1 cm³/mol. The molecule has 66 valence electrons. The van der Waals surface area contributed by atoms with Crippen LogP contribution in [0.4, 0.5) is 0 Å². The Kier molecular flexibility index (Phi) is 2.82. The number of hydrogen-bond acceptors (Lipinski definition) is 3. The molecule has 1 heterocycles. The smallest absolute Gasteiger partial charge is 0.314 e. The molecule has 0 aliphatic rings. The molecule has 13 heavy (non-hydrogen) atoms. The fourth-order valence-electron chi connectivity index (χ4n) is 0.828. The molecule has 0 saturated heterocycles. The Bertz CT molecular complexity index is 461. The van der Waals surface area contributed by atoms with Crippen molar-refractivity contribution in [3.05, 3.63) is 44.8 Å². The van der Waals surface area contributed by atoms with Gasteiger partial charge in [0.15, 0.2) is 0 Å². The summed E-state index contributed by atoms with van der Waals surface area (Å²) in [5.41, 5.74) is -0.532. The molecule has 0 saturated carbocycles. The average molecular weight is 177 g/mol. The molecule has 0 aliphatic heterocycles. The van der Waals surface area contributed by atoms with Gasteiger partial charge in [0.05, 0.1) is 6.07 Å². The van der Waals surface area contributed by atoms with E-state index in [1.54, 1.807) is 12.1 Å². The highest BCUT2D eigenvalue weighted by Gasteiger charge is 1.96. The quantitative estimate of drug-likeness (QED) is 0.607. The SMILES string of the molecule is N#CC=CCc1c[nH]c(=O)[nH]c1=O. The third-order valence-electron chi connectivity index (χ3n) is 1.43. The Morgan fingerprint density at radius 2 is 2.31 bits per heavy atom. The lowest BCUT2D eigenvalue weighted by Crippen LogP contribution is -2.24. The highest BCUT2D eigenvalue weighted by molar-refractivity contribution is 5.12. The van der Waals surface area contributed by atoms with Crippen LogP contribution in [0.2, 0.25) is 0 Å². The van der Waals surface area contributed by atoms with Gasteiger partial charge in [-0.2, -0.15) is 5.26 Å². The Balaban J connectivity index is 2.92. The topological polar surface area (TPSA) is 89.5 Å². The summed E-state index contributed by atoms with van der Waals surface area (Å²) in [5.74, 6) is 0. The van der Waals surface area contributed by atoms with E-state index in [-0.39, 0.29) is 0 Å². The lowest BCUT2D eigenvalue weighted by atomic mass is 10.2. The van der Waals surface area contributed by atoms with E-state index in [0.717, 1.165) is 0 Å². The van der Waals surface area contributed by atoms with Crippen molar-refractivity contribution in [1.82, 2.24) is 9.97 Å². The number of aromatic amines is 2. The van der Waals surface area contributed by atoms with E-state index in [0.29, 0.717) is 12.0 Å². The molecule has 0 aliphatic carbocycles. The monoisotopic (exact) mass is 177 g/mol. The van der Waals surface area contributed by atoms with Crippen molar-refractivity contribution < 1.29 is 0 Å². The van der Waals surface area contributed by atoms with Crippen molar-refractivity contribution in [3.63, 3.8) is 0 Å². The van der Waals surface area contributed by atoms with Gasteiger partial charge in [-0.15, -0.1) is 0 Å². The molecular weight excluding hydrogens is 170 g/mol. The van der Waals surface area contributed by atoms with Crippen LogP contribution in [0.15, 0.2) is 27.9 Å². The van der Waals surface area contributed by atoms with Crippen LogP contribution >= 0.6 is 0 Å². The molecule has 1 rings (SSSR count). The maximum Gasteiger partial charge on any atom is 0.325 e. The van der Waals surface area contributed by atoms with Crippen molar-refractivity contribution in [2.24, 2.45) is 0 Å². The van der Waals surface area contributed by atoms with E-state index in [9.17, 15) is 9.59 Å². The standard InChI is InChI=1S/C8H7N3O2/c9-4-2-1-3-6-5-10-8(13)11-7(6)12/h1-2,5H,3H2,(H2,10,11,12,13). The highest BCUT2D eigenvalue weighted by atomic mass is 16.2. The zero-order valence-electron chi connectivity index (χ0n) is 6.70. The number of aromatic nitrogens is 2. The van der Waals surface area contributed by atoms with Gasteiger partial charge in [0, 0.05) is 17.8 Å². The molecule has 5 heteroatoms. The second kappa shape index (κ2) is 4.07. The average Bonchev–Trinajstić information content (AvgIpc) is 2.09. The number of nitrogens with one attached hydrogen (secondary N) is 2. The van der Waals surface area contributed by atoms with Crippen molar-refractivity contribution in [2.45, 2.75) is 6.42 Å². The zero-order chi connectivity index (χ0) is 9.68. The normalized spacial score (nSPS) is 10.1. The first-order chi connectivity index (χ1) is 6.24. The van der Waals surface area contributed by atoms with Gasteiger partial charge in [-0.25, -0.2) is 4.79 Å². The Hall–Kier alpha value is -2.09. The van der Waals surface area contributed by atoms with Gasteiger partial charge in [0.2, 0.25) is 0 Å². The first-order valence-corrected chi connectivity index (χ1v) is 3.59. The van der Waals surface area contributed by atoms with Crippen LogP contribution in [0.5, 0.6) is 0 Å². The molecule has 0 atom stereocenters. The molecular formula is C8H7N3O2.